The topological polar surface area (TPSA) is 82.8 Å². The number of methoxy groups -OCH3 is 1. The second kappa shape index (κ2) is 8.70. The van der Waals surface area contributed by atoms with E-state index in [2.05, 4.69) is 9.88 Å². The van der Waals surface area contributed by atoms with Gasteiger partial charge in [0.25, 0.3) is 0 Å². The molecule has 5 rings (SSSR count). The number of aryl methyl sites for hydroxylation is 1. The Morgan fingerprint density at radius 2 is 2.03 bits per heavy atom. The molecule has 0 saturated carbocycles. The van der Waals surface area contributed by atoms with Gasteiger partial charge in [-0.15, -0.1) is 0 Å². The highest BCUT2D eigenvalue weighted by Crippen LogP contribution is 2.31. The van der Waals surface area contributed by atoms with Crippen LogP contribution in [0.25, 0.3) is 29.1 Å². The van der Waals surface area contributed by atoms with Gasteiger partial charge < -0.3 is 24.3 Å². The van der Waals surface area contributed by atoms with Crippen LogP contribution in [0.3, 0.4) is 0 Å². The standard InChI is InChI=1S/C26H25FN4O3/c1-30-14-11-19(28-13-3-4-22(32)34-2)18-9-10-21-23-20(29-26(33)24(23)25(18)30)12-15-31(21)17-7-5-16(27)6-8-17/h5-12,14,29,33H,3-4,13,15H2,1-2H3. The molecule has 34 heavy (non-hydrogen) atoms. The van der Waals surface area contributed by atoms with Gasteiger partial charge in [0.2, 0.25) is 0 Å². The lowest BCUT2D eigenvalue weighted by molar-refractivity contribution is -0.140. The molecule has 174 valence electrons. The Bertz CT molecular complexity index is 1500. The molecule has 0 spiro atoms. The number of hydrogen-bond acceptors (Lipinski definition) is 5. The van der Waals surface area contributed by atoms with Gasteiger partial charge in [-0.3, -0.25) is 9.79 Å². The van der Waals surface area contributed by atoms with Crippen LogP contribution in [0.4, 0.5) is 10.1 Å². The Hall–Kier alpha value is -4.07. The fraction of sp³-hybridized carbons (Fsp3) is 0.231. The number of rotatable bonds is 5. The van der Waals surface area contributed by atoms with E-state index < -0.39 is 0 Å². The van der Waals surface area contributed by atoms with Crippen LogP contribution >= 0.6 is 0 Å². The van der Waals surface area contributed by atoms with Gasteiger partial charge in [-0.25, -0.2) is 4.39 Å². The Kier molecular flexibility index (Phi) is 5.57. The number of esters is 1. The van der Waals surface area contributed by atoms with Crippen LogP contribution in [-0.4, -0.2) is 40.8 Å². The number of H-pyrrole nitrogens is 1. The summed E-state index contributed by atoms with van der Waals surface area (Å²) in [5.74, 6) is -0.453. The van der Waals surface area contributed by atoms with Gasteiger partial charge in [-0.05, 0) is 55.0 Å². The number of nitrogens with one attached hydrogen (secondary N) is 1. The first-order chi connectivity index (χ1) is 16.5. The number of ether oxygens (including phenoxy) is 1. The van der Waals surface area contributed by atoms with E-state index in [0.29, 0.717) is 31.5 Å². The minimum Gasteiger partial charge on any atom is -0.494 e. The van der Waals surface area contributed by atoms with Crippen molar-refractivity contribution in [3.8, 4) is 17.1 Å². The number of carbonyl (C=O) groups excluding carboxylic acids is 1. The minimum absolute atomic E-state index is 0.0862. The maximum atomic E-state index is 13.6. The SMILES string of the molecule is COC(=O)CCCN=c1ccn(C)c2c1C=CC1=c3c-2c(O)[nH]c3=CCN1c1ccc(F)cc1. The molecule has 1 aliphatic heterocycles. The first-order valence-corrected chi connectivity index (χ1v) is 11.1. The molecule has 0 fully saturated rings. The fourth-order valence-electron chi connectivity index (χ4n) is 4.57. The third kappa shape index (κ3) is 3.71. The van der Waals surface area contributed by atoms with Crippen molar-refractivity contribution >= 4 is 29.5 Å². The predicted molar refractivity (Wildman–Crippen MR) is 128 cm³/mol. The molecule has 0 unspecified atom stereocenters. The van der Waals surface area contributed by atoms with E-state index in [0.717, 1.165) is 38.6 Å². The van der Waals surface area contributed by atoms with E-state index in [1.54, 1.807) is 12.1 Å². The van der Waals surface area contributed by atoms with E-state index in [4.69, 9.17) is 9.73 Å². The zero-order valence-corrected chi connectivity index (χ0v) is 19.0. The number of benzene rings is 1. The van der Waals surface area contributed by atoms with Crippen molar-refractivity contribution in [1.29, 1.82) is 0 Å². The first-order valence-electron chi connectivity index (χ1n) is 11.1. The number of aromatic hydroxyl groups is 1. The number of hydrogen-bond donors (Lipinski definition) is 2. The minimum atomic E-state index is -0.287. The summed E-state index contributed by atoms with van der Waals surface area (Å²) in [6, 6.07) is 8.32. The van der Waals surface area contributed by atoms with Crippen molar-refractivity contribution in [3.63, 3.8) is 0 Å². The Morgan fingerprint density at radius 3 is 2.79 bits per heavy atom. The van der Waals surface area contributed by atoms with E-state index >= 15 is 0 Å². The first kappa shape index (κ1) is 21.8. The lowest BCUT2D eigenvalue weighted by Gasteiger charge is -2.26. The molecule has 1 aromatic carbocycles. The zero-order chi connectivity index (χ0) is 23.8. The highest BCUT2D eigenvalue weighted by molar-refractivity contribution is 5.90. The number of pyridine rings is 1. The molecule has 7 nitrogen and oxygen atoms in total. The second-order valence-corrected chi connectivity index (χ2v) is 8.28. The van der Waals surface area contributed by atoms with E-state index in [9.17, 15) is 14.3 Å². The molecule has 3 aromatic rings. The highest BCUT2D eigenvalue weighted by atomic mass is 19.1. The summed E-state index contributed by atoms with van der Waals surface area (Å²) >= 11 is 0. The van der Waals surface area contributed by atoms with Gasteiger partial charge in [0.05, 0.1) is 29.4 Å². The normalized spacial score (nSPS) is 14.4. The molecule has 0 radical (unpaired) electrons. The maximum Gasteiger partial charge on any atom is 0.305 e. The molecule has 1 aliphatic carbocycles. The number of halogens is 1. The largest absolute Gasteiger partial charge is 0.494 e. The molecule has 2 aliphatic rings. The van der Waals surface area contributed by atoms with E-state index in [1.165, 1.54) is 19.2 Å². The molecular weight excluding hydrogens is 435 g/mol. The molecule has 2 aromatic heterocycles. The lowest BCUT2D eigenvalue weighted by atomic mass is 10.1. The zero-order valence-electron chi connectivity index (χ0n) is 19.0. The summed E-state index contributed by atoms with van der Waals surface area (Å²) in [4.78, 5) is 21.4. The molecule has 0 saturated heterocycles. The van der Waals surface area contributed by atoms with Crippen molar-refractivity contribution in [2.24, 2.45) is 12.0 Å². The fourth-order valence-corrected chi connectivity index (χ4v) is 4.57. The molecular formula is C26H25FN4O3. The summed E-state index contributed by atoms with van der Waals surface area (Å²) in [5.41, 5.74) is 4.18. The Balaban J connectivity index is 1.66. The average Bonchev–Trinajstić information content (AvgIpc) is 3.05. The number of fused-ring (bicyclic) bond motifs is 2. The van der Waals surface area contributed by atoms with E-state index in [1.807, 2.05) is 42.1 Å². The number of carbonyl (C=O) groups is 1. The van der Waals surface area contributed by atoms with Gasteiger partial charge in [0, 0.05) is 54.6 Å². The molecule has 0 atom stereocenters. The van der Waals surface area contributed by atoms with Gasteiger partial charge in [-0.1, -0.05) is 0 Å². The van der Waals surface area contributed by atoms with Gasteiger partial charge in [0.1, 0.15) is 5.82 Å². The van der Waals surface area contributed by atoms with Crippen molar-refractivity contribution in [2.45, 2.75) is 12.8 Å². The van der Waals surface area contributed by atoms with Crippen LogP contribution < -0.4 is 20.8 Å². The average molecular weight is 461 g/mol. The summed E-state index contributed by atoms with van der Waals surface area (Å²) < 4.78 is 20.2. The van der Waals surface area contributed by atoms with E-state index in [-0.39, 0.29) is 17.7 Å². The molecule has 8 heteroatoms. The number of nitrogens with zero attached hydrogens (tertiary/aromatic N) is 3. The van der Waals surface area contributed by atoms with Gasteiger partial charge in [-0.2, -0.15) is 0 Å². The smallest absolute Gasteiger partial charge is 0.305 e. The summed E-state index contributed by atoms with van der Waals surface area (Å²) in [6.07, 6.45) is 8.86. The van der Waals surface area contributed by atoms with Crippen LogP contribution in [-0.2, 0) is 16.6 Å². The Morgan fingerprint density at radius 1 is 1.24 bits per heavy atom. The Labute approximate surface area is 195 Å². The van der Waals surface area contributed by atoms with Crippen molar-refractivity contribution in [1.82, 2.24) is 9.55 Å². The lowest BCUT2D eigenvalue weighted by Crippen LogP contribution is -2.39. The predicted octanol–water partition coefficient (Wildman–Crippen LogP) is 2.15. The third-order valence-electron chi connectivity index (χ3n) is 6.21. The number of aromatic nitrogens is 2. The van der Waals surface area contributed by atoms with Crippen LogP contribution in [0, 0.1) is 5.82 Å². The van der Waals surface area contributed by atoms with Crippen molar-refractivity contribution in [2.75, 3.05) is 25.1 Å². The molecule has 2 N–H and O–H groups in total. The van der Waals surface area contributed by atoms with Gasteiger partial charge >= 0.3 is 5.97 Å². The van der Waals surface area contributed by atoms with Crippen molar-refractivity contribution in [3.05, 3.63) is 69.9 Å². The van der Waals surface area contributed by atoms with Crippen molar-refractivity contribution < 1.29 is 19.0 Å². The quantitative estimate of drug-likeness (QED) is 0.452. The maximum absolute atomic E-state index is 13.6. The summed E-state index contributed by atoms with van der Waals surface area (Å²) in [7, 11) is 3.31. The second-order valence-electron chi connectivity index (χ2n) is 8.28. The van der Waals surface area contributed by atoms with Crippen LogP contribution in [0.2, 0.25) is 0 Å². The third-order valence-corrected chi connectivity index (χ3v) is 6.21. The summed E-state index contributed by atoms with van der Waals surface area (Å²) in [6.45, 7) is 1.05. The van der Waals surface area contributed by atoms with Gasteiger partial charge in [0.15, 0.2) is 5.88 Å². The molecule has 3 heterocycles. The van der Waals surface area contributed by atoms with Crippen LogP contribution in [0.5, 0.6) is 5.88 Å². The molecule has 0 amide bonds. The summed E-state index contributed by atoms with van der Waals surface area (Å²) in [5, 5.41) is 13.5. The number of anilines is 1. The molecule has 0 bridgehead atoms. The van der Waals surface area contributed by atoms with Crippen LogP contribution in [0.15, 0.2) is 47.6 Å². The highest BCUT2D eigenvalue weighted by Gasteiger charge is 2.25. The number of aromatic amines is 1. The van der Waals surface area contributed by atoms with Crippen LogP contribution in [0.1, 0.15) is 18.4 Å². The monoisotopic (exact) mass is 460 g/mol.